The molecule has 0 bridgehead atoms. The summed E-state index contributed by atoms with van der Waals surface area (Å²) in [6, 6.07) is 4.52. The van der Waals surface area contributed by atoms with Crippen molar-refractivity contribution in [2.24, 2.45) is 0 Å². The lowest BCUT2D eigenvalue weighted by Crippen LogP contribution is -2.11. The maximum absolute atomic E-state index is 12.9. The highest BCUT2D eigenvalue weighted by Crippen LogP contribution is 2.38. The van der Waals surface area contributed by atoms with Gasteiger partial charge in [-0.05, 0) is 42.0 Å². The molecule has 1 aliphatic heterocycles. The lowest BCUT2D eigenvalue weighted by Gasteiger charge is -2.13. The molecule has 26 heavy (non-hydrogen) atoms. The van der Waals surface area contributed by atoms with Crippen LogP contribution in [0.3, 0.4) is 0 Å². The summed E-state index contributed by atoms with van der Waals surface area (Å²) in [5.74, 6) is -1.41. The fourth-order valence-corrected chi connectivity index (χ4v) is 2.39. The molecule has 1 N–H and O–H groups in total. The van der Waals surface area contributed by atoms with Gasteiger partial charge in [-0.25, -0.2) is 0 Å². The number of carbonyl (C=O) groups is 1. The van der Waals surface area contributed by atoms with Crippen LogP contribution in [0.5, 0.6) is 11.5 Å². The molecule has 0 aromatic heterocycles. The van der Waals surface area contributed by atoms with Gasteiger partial charge in [0.1, 0.15) is 11.5 Å². The molecule has 0 spiro atoms. The number of ether oxygens (including phenoxy) is 1. The number of halogens is 6. The summed E-state index contributed by atoms with van der Waals surface area (Å²) in [6.45, 7) is 0. The van der Waals surface area contributed by atoms with Crippen molar-refractivity contribution in [3.05, 3.63) is 64.4 Å². The van der Waals surface area contributed by atoms with Gasteiger partial charge in [0, 0.05) is 6.07 Å². The maximum atomic E-state index is 12.9. The van der Waals surface area contributed by atoms with E-state index in [1.807, 2.05) is 0 Å². The zero-order valence-electron chi connectivity index (χ0n) is 12.6. The van der Waals surface area contributed by atoms with Crippen molar-refractivity contribution in [3.63, 3.8) is 0 Å². The third-order valence-corrected chi connectivity index (χ3v) is 3.56. The molecule has 0 saturated carbocycles. The van der Waals surface area contributed by atoms with E-state index in [4.69, 9.17) is 4.74 Å². The number of alkyl halides is 6. The molecule has 9 heteroatoms. The minimum Gasteiger partial charge on any atom is -0.508 e. The van der Waals surface area contributed by atoms with E-state index < -0.39 is 40.6 Å². The topological polar surface area (TPSA) is 46.5 Å². The maximum Gasteiger partial charge on any atom is 0.416 e. The molecule has 0 aliphatic carbocycles. The van der Waals surface area contributed by atoms with Crippen molar-refractivity contribution in [3.8, 4) is 11.5 Å². The van der Waals surface area contributed by atoms with Crippen LogP contribution in [0.2, 0.25) is 0 Å². The first-order chi connectivity index (χ1) is 11.9. The Hall–Kier alpha value is -2.97. The number of benzene rings is 2. The molecular formula is C17H8F6O3. The van der Waals surface area contributed by atoms with Crippen LogP contribution in [-0.4, -0.2) is 10.9 Å². The van der Waals surface area contributed by atoms with Crippen molar-refractivity contribution in [1.82, 2.24) is 0 Å². The van der Waals surface area contributed by atoms with E-state index in [9.17, 15) is 36.2 Å². The Morgan fingerprint density at radius 1 is 0.885 bits per heavy atom. The van der Waals surface area contributed by atoms with E-state index in [0.29, 0.717) is 12.1 Å². The van der Waals surface area contributed by atoms with E-state index in [1.54, 1.807) is 0 Å². The number of hydrogen-bond acceptors (Lipinski definition) is 3. The summed E-state index contributed by atoms with van der Waals surface area (Å²) in [7, 11) is 0. The average molecular weight is 374 g/mol. The number of hydrogen-bond donors (Lipinski definition) is 1. The Morgan fingerprint density at radius 3 is 2.00 bits per heavy atom. The highest BCUT2D eigenvalue weighted by molar-refractivity contribution is 6.14. The number of rotatable bonds is 1. The summed E-state index contributed by atoms with van der Waals surface area (Å²) >= 11 is 0. The predicted molar refractivity (Wildman–Crippen MR) is 77.5 cm³/mol. The van der Waals surface area contributed by atoms with Gasteiger partial charge in [0.05, 0.1) is 16.7 Å². The molecule has 0 saturated heterocycles. The monoisotopic (exact) mass is 374 g/mol. The van der Waals surface area contributed by atoms with E-state index in [0.717, 1.165) is 12.1 Å². The van der Waals surface area contributed by atoms with Crippen LogP contribution in [0.25, 0.3) is 6.08 Å². The Bertz CT molecular complexity index is 893. The second kappa shape index (κ2) is 5.79. The van der Waals surface area contributed by atoms with Crippen LogP contribution in [0, 0.1) is 0 Å². The van der Waals surface area contributed by atoms with Gasteiger partial charge >= 0.3 is 12.4 Å². The summed E-state index contributed by atoms with van der Waals surface area (Å²) < 4.78 is 82.4. The van der Waals surface area contributed by atoms with E-state index in [1.165, 1.54) is 12.1 Å². The Morgan fingerprint density at radius 2 is 1.46 bits per heavy atom. The normalized spacial score (nSPS) is 15.9. The van der Waals surface area contributed by atoms with Gasteiger partial charge in [-0.1, -0.05) is 0 Å². The molecule has 2 aromatic rings. The smallest absolute Gasteiger partial charge is 0.416 e. The fraction of sp³-hybridized carbons (Fsp3) is 0.118. The van der Waals surface area contributed by atoms with Crippen LogP contribution in [0.1, 0.15) is 27.0 Å². The number of Topliss-reactive ketones (excluding diaryl/α,β-unsaturated/α-hetero) is 1. The van der Waals surface area contributed by atoms with Gasteiger partial charge < -0.3 is 9.84 Å². The number of aromatic hydroxyl groups is 1. The Labute approximate surface area is 142 Å². The van der Waals surface area contributed by atoms with Gasteiger partial charge in [0.2, 0.25) is 5.78 Å². The summed E-state index contributed by atoms with van der Waals surface area (Å²) in [4.78, 5) is 12.2. The van der Waals surface area contributed by atoms with Crippen LogP contribution < -0.4 is 4.74 Å². The molecule has 3 rings (SSSR count). The number of phenolic OH excluding ortho intramolecular Hbond substituents is 1. The number of allylic oxidation sites excluding steroid dienone is 1. The SMILES string of the molecule is O=C1/C(=C/c2cc(C(F)(F)F)cc(C(F)(F)F)c2)Oc2cc(O)ccc21. The largest absolute Gasteiger partial charge is 0.508 e. The third-order valence-electron chi connectivity index (χ3n) is 3.56. The highest BCUT2D eigenvalue weighted by Gasteiger charge is 2.37. The van der Waals surface area contributed by atoms with Crippen LogP contribution >= 0.6 is 0 Å². The molecule has 136 valence electrons. The van der Waals surface area contributed by atoms with Crippen molar-refractivity contribution in [2.45, 2.75) is 12.4 Å². The van der Waals surface area contributed by atoms with E-state index in [-0.39, 0.29) is 23.1 Å². The number of ketones is 1. The molecule has 0 fully saturated rings. The summed E-state index contributed by atoms with van der Waals surface area (Å²) in [5, 5.41) is 9.35. The second-order valence-electron chi connectivity index (χ2n) is 5.46. The highest BCUT2D eigenvalue weighted by atomic mass is 19.4. The van der Waals surface area contributed by atoms with Crippen LogP contribution in [-0.2, 0) is 12.4 Å². The van der Waals surface area contributed by atoms with Gasteiger partial charge in [-0.15, -0.1) is 0 Å². The quantitative estimate of drug-likeness (QED) is 0.562. The molecule has 0 radical (unpaired) electrons. The molecule has 1 aliphatic rings. The van der Waals surface area contributed by atoms with Crippen LogP contribution in [0.4, 0.5) is 26.3 Å². The Balaban J connectivity index is 2.07. The first kappa shape index (κ1) is 17.8. The third kappa shape index (κ3) is 3.37. The van der Waals surface area contributed by atoms with Gasteiger partial charge in [-0.3, -0.25) is 4.79 Å². The van der Waals surface area contributed by atoms with Gasteiger partial charge in [0.15, 0.2) is 5.76 Å². The standard InChI is InChI=1S/C17H8F6O3/c18-16(19,20)9-3-8(4-10(6-9)17(21,22)23)5-14-15(25)12-2-1-11(24)7-13(12)26-14/h1-7,24H/b14-5-. The molecule has 3 nitrogen and oxygen atoms in total. The minimum atomic E-state index is -5.00. The van der Waals surface area contributed by atoms with E-state index >= 15 is 0 Å². The summed E-state index contributed by atoms with van der Waals surface area (Å²) in [6.07, 6.45) is -9.20. The molecule has 0 unspecified atom stereocenters. The lowest BCUT2D eigenvalue weighted by molar-refractivity contribution is -0.143. The predicted octanol–water partition coefficient (Wildman–Crippen LogP) is 5.05. The lowest BCUT2D eigenvalue weighted by atomic mass is 10.0. The van der Waals surface area contributed by atoms with Crippen molar-refractivity contribution in [2.75, 3.05) is 0 Å². The molecule has 1 heterocycles. The average Bonchev–Trinajstić information content (AvgIpc) is 2.80. The van der Waals surface area contributed by atoms with Crippen LogP contribution in [0.15, 0.2) is 42.2 Å². The molecule has 0 amide bonds. The number of phenols is 1. The minimum absolute atomic E-state index is 0.00782. The van der Waals surface area contributed by atoms with Crippen molar-refractivity contribution >= 4 is 11.9 Å². The Kier molecular flexibility index (Phi) is 3.97. The van der Waals surface area contributed by atoms with Crippen molar-refractivity contribution < 1.29 is 41.0 Å². The fourth-order valence-electron chi connectivity index (χ4n) is 2.39. The number of fused-ring (bicyclic) bond motifs is 1. The molecular weight excluding hydrogens is 366 g/mol. The van der Waals surface area contributed by atoms with E-state index in [2.05, 4.69) is 0 Å². The zero-order chi connectivity index (χ0) is 19.3. The second-order valence-corrected chi connectivity index (χ2v) is 5.46. The first-order valence-electron chi connectivity index (χ1n) is 7.02. The molecule has 2 aromatic carbocycles. The first-order valence-corrected chi connectivity index (χ1v) is 7.02. The number of carbonyl (C=O) groups excluding carboxylic acids is 1. The zero-order valence-corrected chi connectivity index (χ0v) is 12.6. The van der Waals surface area contributed by atoms with Crippen molar-refractivity contribution in [1.29, 1.82) is 0 Å². The van der Waals surface area contributed by atoms with Gasteiger partial charge in [0.25, 0.3) is 0 Å². The van der Waals surface area contributed by atoms with Gasteiger partial charge in [-0.2, -0.15) is 26.3 Å². The summed E-state index contributed by atoms with van der Waals surface area (Å²) in [5.41, 5.74) is -3.45. The molecule has 0 atom stereocenters.